The van der Waals surface area contributed by atoms with Gasteiger partial charge < -0.3 is 16.0 Å². The van der Waals surface area contributed by atoms with Crippen LogP contribution in [0.25, 0.3) is 0 Å². The molecule has 1 aromatic heterocycles. The van der Waals surface area contributed by atoms with Gasteiger partial charge in [-0.1, -0.05) is 19.4 Å². The lowest BCUT2D eigenvalue weighted by Gasteiger charge is -2.12. The molecule has 2 rings (SSSR count). The summed E-state index contributed by atoms with van der Waals surface area (Å²) < 4.78 is 0. The molecule has 0 aliphatic heterocycles. The first-order valence-electron chi connectivity index (χ1n) is 8.93. The van der Waals surface area contributed by atoms with Crippen LogP contribution in [0.2, 0.25) is 0 Å². The minimum atomic E-state index is -0.443. The highest BCUT2D eigenvalue weighted by molar-refractivity contribution is 6.01. The van der Waals surface area contributed by atoms with E-state index in [0.29, 0.717) is 35.3 Å². The molecule has 0 aliphatic rings. The first-order valence-corrected chi connectivity index (χ1v) is 8.93. The van der Waals surface area contributed by atoms with Crippen LogP contribution in [0, 0.1) is 13.8 Å². The van der Waals surface area contributed by atoms with Gasteiger partial charge >= 0.3 is 6.03 Å². The maximum atomic E-state index is 12.3. The smallest absolute Gasteiger partial charge is 0.324 e. The number of amides is 3. The lowest BCUT2D eigenvalue weighted by molar-refractivity contribution is 0.0953. The number of benzene rings is 1. The van der Waals surface area contributed by atoms with Crippen LogP contribution in [0.5, 0.6) is 0 Å². The number of urea groups is 1. The van der Waals surface area contributed by atoms with Crippen LogP contribution in [-0.4, -0.2) is 35.5 Å². The highest BCUT2D eigenvalue weighted by Gasteiger charge is 2.11. The Kier molecular flexibility index (Phi) is 7.10. The third-order valence-corrected chi connectivity index (χ3v) is 3.90. The molecule has 0 fully saturated rings. The normalized spacial score (nSPS) is 10.2. The molecule has 3 amide bonds. The largest absolute Gasteiger partial charge is 0.373 e. The Hall–Kier alpha value is -3.16. The monoisotopic (exact) mass is 370 g/mol. The fourth-order valence-electron chi connectivity index (χ4n) is 2.41. The van der Waals surface area contributed by atoms with E-state index in [0.717, 1.165) is 18.4 Å². The summed E-state index contributed by atoms with van der Waals surface area (Å²) in [4.78, 5) is 32.9. The third kappa shape index (κ3) is 5.95. The molecule has 0 saturated heterocycles. The number of nitrogens with zero attached hydrogens (tertiary/aromatic N) is 2. The number of nitrogens with one attached hydrogen (secondary N) is 4. The van der Waals surface area contributed by atoms with Gasteiger partial charge in [0.25, 0.3) is 5.91 Å². The number of unbranched alkanes of at least 4 members (excludes halogenated alkanes) is 1. The van der Waals surface area contributed by atoms with Crippen molar-refractivity contribution in [2.45, 2.75) is 33.6 Å². The van der Waals surface area contributed by atoms with E-state index in [1.807, 2.05) is 6.92 Å². The summed E-state index contributed by atoms with van der Waals surface area (Å²) >= 11 is 0. The molecule has 0 spiro atoms. The Morgan fingerprint density at radius 1 is 1.04 bits per heavy atom. The molecule has 4 N–H and O–H groups in total. The van der Waals surface area contributed by atoms with Crippen LogP contribution in [0.1, 0.15) is 41.5 Å². The van der Waals surface area contributed by atoms with Crippen molar-refractivity contribution in [2.75, 3.05) is 29.5 Å². The van der Waals surface area contributed by atoms with Crippen LogP contribution < -0.4 is 21.3 Å². The number of aromatic nitrogens is 2. The van der Waals surface area contributed by atoms with Crippen molar-refractivity contribution >= 4 is 29.3 Å². The SMILES string of the molecule is CCCCNC(=O)c1ccc(C)c(NC(=O)Nc2cc(NC)nc(C)n2)c1. The Balaban J connectivity index is 2.07. The number of rotatable bonds is 7. The molecule has 2 aromatic rings. The fourth-order valence-corrected chi connectivity index (χ4v) is 2.41. The number of anilines is 3. The fraction of sp³-hybridized carbons (Fsp3) is 0.368. The Labute approximate surface area is 159 Å². The summed E-state index contributed by atoms with van der Waals surface area (Å²) in [7, 11) is 1.74. The molecule has 8 heteroatoms. The average molecular weight is 370 g/mol. The van der Waals surface area contributed by atoms with E-state index in [1.165, 1.54) is 0 Å². The number of aryl methyl sites for hydroxylation is 2. The van der Waals surface area contributed by atoms with Crippen LogP contribution in [-0.2, 0) is 0 Å². The van der Waals surface area contributed by atoms with E-state index in [4.69, 9.17) is 0 Å². The second-order valence-corrected chi connectivity index (χ2v) is 6.15. The van der Waals surface area contributed by atoms with E-state index in [2.05, 4.69) is 38.2 Å². The van der Waals surface area contributed by atoms with Gasteiger partial charge in [0.05, 0.1) is 0 Å². The van der Waals surface area contributed by atoms with E-state index in [9.17, 15) is 9.59 Å². The van der Waals surface area contributed by atoms with E-state index < -0.39 is 6.03 Å². The van der Waals surface area contributed by atoms with E-state index in [-0.39, 0.29) is 5.91 Å². The summed E-state index contributed by atoms with van der Waals surface area (Å²) in [5.41, 5.74) is 1.92. The third-order valence-electron chi connectivity index (χ3n) is 3.90. The summed E-state index contributed by atoms with van der Waals surface area (Å²) in [6.45, 7) is 6.31. The lowest BCUT2D eigenvalue weighted by Crippen LogP contribution is -2.25. The molecule has 27 heavy (non-hydrogen) atoms. The van der Waals surface area contributed by atoms with Crippen LogP contribution in [0.3, 0.4) is 0 Å². The minimum Gasteiger partial charge on any atom is -0.373 e. The molecule has 1 heterocycles. The summed E-state index contributed by atoms with van der Waals surface area (Å²) in [6.07, 6.45) is 1.94. The van der Waals surface area contributed by atoms with Gasteiger partial charge in [-0.2, -0.15) is 0 Å². The molecule has 0 unspecified atom stereocenters. The summed E-state index contributed by atoms with van der Waals surface area (Å²) in [5, 5.41) is 11.2. The first kappa shape index (κ1) is 20.2. The minimum absolute atomic E-state index is 0.156. The zero-order valence-corrected chi connectivity index (χ0v) is 16.1. The van der Waals surface area contributed by atoms with Gasteiger partial charge in [0.1, 0.15) is 17.5 Å². The van der Waals surface area contributed by atoms with Gasteiger partial charge in [-0.3, -0.25) is 10.1 Å². The molecular formula is C19H26N6O2. The van der Waals surface area contributed by atoms with Gasteiger partial charge in [-0.05, 0) is 38.0 Å². The molecule has 0 saturated carbocycles. The van der Waals surface area contributed by atoms with Gasteiger partial charge in [0.2, 0.25) is 0 Å². The van der Waals surface area contributed by atoms with E-state index in [1.54, 1.807) is 38.2 Å². The quantitative estimate of drug-likeness (QED) is 0.559. The van der Waals surface area contributed by atoms with Crippen LogP contribution in [0.15, 0.2) is 24.3 Å². The van der Waals surface area contributed by atoms with Crippen molar-refractivity contribution in [3.8, 4) is 0 Å². The predicted molar refractivity (Wildman–Crippen MR) is 107 cm³/mol. The first-order chi connectivity index (χ1) is 12.9. The Morgan fingerprint density at radius 2 is 1.78 bits per heavy atom. The topological polar surface area (TPSA) is 108 Å². The van der Waals surface area contributed by atoms with Crippen molar-refractivity contribution in [2.24, 2.45) is 0 Å². The maximum Gasteiger partial charge on any atom is 0.324 e. The number of carbonyl (C=O) groups excluding carboxylic acids is 2. The molecule has 0 bridgehead atoms. The maximum absolute atomic E-state index is 12.3. The van der Waals surface area contributed by atoms with Gasteiger partial charge in [-0.25, -0.2) is 14.8 Å². The molecule has 0 radical (unpaired) electrons. The summed E-state index contributed by atoms with van der Waals surface area (Å²) in [5.74, 6) is 1.38. The molecule has 0 atom stereocenters. The van der Waals surface area contributed by atoms with Crippen molar-refractivity contribution in [3.63, 3.8) is 0 Å². The van der Waals surface area contributed by atoms with Crippen molar-refractivity contribution in [3.05, 3.63) is 41.2 Å². The molecule has 0 aliphatic carbocycles. The van der Waals surface area contributed by atoms with Gasteiger partial charge in [0, 0.05) is 30.9 Å². The molecule has 1 aromatic carbocycles. The highest BCUT2D eigenvalue weighted by Crippen LogP contribution is 2.18. The van der Waals surface area contributed by atoms with Crippen LogP contribution >= 0.6 is 0 Å². The predicted octanol–water partition coefficient (Wildman–Crippen LogP) is 3.31. The molecule has 144 valence electrons. The zero-order valence-electron chi connectivity index (χ0n) is 16.1. The second kappa shape index (κ2) is 9.51. The second-order valence-electron chi connectivity index (χ2n) is 6.15. The number of hydrogen-bond acceptors (Lipinski definition) is 5. The zero-order chi connectivity index (χ0) is 19.8. The molecule has 8 nitrogen and oxygen atoms in total. The number of carbonyl (C=O) groups is 2. The van der Waals surface area contributed by atoms with Crippen molar-refractivity contribution < 1.29 is 9.59 Å². The Morgan fingerprint density at radius 3 is 2.48 bits per heavy atom. The van der Waals surface area contributed by atoms with E-state index >= 15 is 0 Å². The van der Waals surface area contributed by atoms with Crippen LogP contribution in [0.4, 0.5) is 22.1 Å². The Bertz CT molecular complexity index is 822. The van der Waals surface area contributed by atoms with Gasteiger partial charge in [0.15, 0.2) is 0 Å². The summed E-state index contributed by atoms with van der Waals surface area (Å²) in [6, 6.07) is 6.41. The van der Waals surface area contributed by atoms with Gasteiger partial charge in [-0.15, -0.1) is 0 Å². The standard InChI is InChI=1S/C19H26N6O2/c1-5-6-9-21-18(26)14-8-7-12(2)15(10-14)24-19(27)25-17-11-16(20-4)22-13(3)23-17/h7-8,10-11H,5-6,9H2,1-4H3,(H,21,26)(H3,20,22,23,24,25,27). The average Bonchev–Trinajstić information content (AvgIpc) is 2.63. The van der Waals surface area contributed by atoms with Crippen molar-refractivity contribution in [1.82, 2.24) is 15.3 Å². The highest BCUT2D eigenvalue weighted by atomic mass is 16.2. The lowest BCUT2D eigenvalue weighted by atomic mass is 10.1. The van der Waals surface area contributed by atoms with Crippen molar-refractivity contribution in [1.29, 1.82) is 0 Å². The number of hydrogen-bond donors (Lipinski definition) is 4. The molecular weight excluding hydrogens is 344 g/mol.